The number of anilines is 1. The van der Waals surface area contributed by atoms with Crippen molar-refractivity contribution in [2.24, 2.45) is 0 Å². The molecule has 3 rings (SSSR count). The molecule has 0 saturated heterocycles. The number of nitrogens with zero attached hydrogens (tertiary/aromatic N) is 2. The highest BCUT2D eigenvalue weighted by Crippen LogP contribution is 2.34. The van der Waals surface area contributed by atoms with Crippen molar-refractivity contribution in [2.45, 2.75) is 12.7 Å². The van der Waals surface area contributed by atoms with Gasteiger partial charge in [-0.2, -0.15) is 13.2 Å². The van der Waals surface area contributed by atoms with Crippen molar-refractivity contribution in [2.75, 3.05) is 26.9 Å². The van der Waals surface area contributed by atoms with Crippen LogP contribution < -0.4 is 11.3 Å². The number of hydrogen-bond acceptors (Lipinski definition) is 5. The molecule has 3 aromatic rings. The summed E-state index contributed by atoms with van der Waals surface area (Å²) in [4.78, 5) is 27.3. The first-order valence-electron chi connectivity index (χ1n) is 8.92. The first-order valence-corrected chi connectivity index (χ1v) is 8.92. The molecule has 0 unspecified atom stereocenters. The van der Waals surface area contributed by atoms with Crippen LogP contribution in [0.2, 0.25) is 0 Å². The Morgan fingerprint density at radius 3 is 2.30 bits per heavy atom. The average molecular weight is 419 g/mol. The number of ether oxygens (including phenoxy) is 1. The third-order valence-corrected chi connectivity index (χ3v) is 4.63. The molecule has 0 aliphatic rings. The van der Waals surface area contributed by atoms with Crippen LogP contribution in [-0.4, -0.2) is 36.6 Å². The Labute approximate surface area is 170 Å². The van der Waals surface area contributed by atoms with E-state index < -0.39 is 28.8 Å². The molecule has 6 nitrogen and oxygen atoms in total. The summed E-state index contributed by atoms with van der Waals surface area (Å²) in [6, 6.07) is 9.59. The van der Waals surface area contributed by atoms with E-state index in [9.17, 15) is 22.8 Å². The van der Waals surface area contributed by atoms with Gasteiger partial charge in [-0.15, -0.1) is 0 Å². The van der Waals surface area contributed by atoms with Crippen molar-refractivity contribution >= 4 is 22.6 Å². The highest BCUT2D eigenvalue weighted by molar-refractivity contribution is 6.04. The molecular formula is C21H20F3N3O3. The van der Waals surface area contributed by atoms with Crippen molar-refractivity contribution in [1.29, 1.82) is 0 Å². The minimum atomic E-state index is -4.61. The minimum Gasteiger partial charge on any atom is -0.465 e. The van der Waals surface area contributed by atoms with Gasteiger partial charge >= 0.3 is 12.1 Å². The van der Waals surface area contributed by atoms with Crippen LogP contribution >= 0.6 is 0 Å². The molecule has 0 atom stereocenters. The van der Waals surface area contributed by atoms with E-state index in [1.165, 1.54) is 0 Å². The van der Waals surface area contributed by atoms with E-state index in [-0.39, 0.29) is 16.6 Å². The number of pyridine rings is 1. The molecule has 158 valence electrons. The molecule has 0 radical (unpaired) electrons. The van der Waals surface area contributed by atoms with E-state index in [2.05, 4.69) is 4.74 Å². The second-order valence-electron chi connectivity index (χ2n) is 7.05. The molecule has 2 N–H and O–H groups in total. The molecule has 9 heteroatoms. The number of methoxy groups -OCH3 is 1. The number of nitrogen functional groups attached to an aromatic ring is 1. The summed E-state index contributed by atoms with van der Waals surface area (Å²) in [7, 11) is 4.89. The van der Waals surface area contributed by atoms with Gasteiger partial charge < -0.3 is 15.4 Å². The molecule has 1 aromatic heterocycles. The molecule has 0 bridgehead atoms. The van der Waals surface area contributed by atoms with Crippen molar-refractivity contribution in [3.63, 3.8) is 0 Å². The van der Waals surface area contributed by atoms with Crippen molar-refractivity contribution < 1.29 is 22.7 Å². The van der Waals surface area contributed by atoms with Gasteiger partial charge in [0.2, 0.25) is 0 Å². The molecular weight excluding hydrogens is 399 g/mol. The van der Waals surface area contributed by atoms with Crippen LogP contribution in [0.25, 0.3) is 16.6 Å². The maximum Gasteiger partial charge on any atom is 0.416 e. The summed E-state index contributed by atoms with van der Waals surface area (Å²) < 4.78 is 45.6. The number of alkyl halides is 3. The lowest BCUT2D eigenvalue weighted by Crippen LogP contribution is -2.28. The zero-order chi connectivity index (χ0) is 22.2. The van der Waals surface area contributed by atoms with Crippen LogP contribution in [0.15, 0.2) is 47.3 Å². The molecule has 0 saturated carbocycles. The third-order valence-electron chi connectivity index (χ3n) is 4.63. The summed E-state index contributed by atoms with van der Waals surface area (Å²) in [6.45, 7) is 0.642. The van der Waals surface area contributed by atoms with Crippen LogP contribution in [0.1, 0.15) is 21.5 Å². The second-order valence-corrected chi connectivity index (χ2v) is 7.05. The van der Waals surface area contributed by atoms with Crippen LogP contribution in [0.5, 0.6) is 0 Å². The van der Waals surface area contributed by atoms with E-state index in [0.717, 1.165) is 35.4 Å². The van der Waals surface area contributed by atoms with Crippen LogP contribution in [0, 0.1) is 0 Å². The smallest absolute Gasteiger partial charge is 0.416 e. The molecule has 0 amide bonds. The Hall–Kier alpha value is -3.33. The number of nitrogens with two attached hydrogens (primary N) is 1. The highest BCUT2D eigenvalue weighted by atomic mass is 19.4. The molecule has 1 heterocycles. The van der Waals surface area contributed by atoms with Gasteiger partial charge in [0.25, 0.3) is 5.56 Å². The van der Waals surface area contributed by atoms with E-state index in [4.69, 9.17) is 5.73 Å². The minimum absolute atomic E-state index is 0.0552. The highest BCUT2D eigenvalue weighted by Gasteiger charge is 2.32. The van der Waals surface area contributed by atoms with Gasteiger partial charge in [0, 0.05) is 17.6 Å². The molecule has 2 aromatic carbocycles. The monoisotopic (exact) mass is 419 g/mol. The zero-order valence-corrected chi connectivity index (χ0v) is 16.6. The summed E-state index contributed by atoms with van der Waals surface area (Å²) in [6.07, 6.45) is -4.61. The topological polar surface area (TPSA) is 77.6 Å². The Morgan fingerprint density at radius 2 is 1.77 bits per heavy atom. The van der Waals surface area contributed by atoms with Crippen molar-refractivity contribution in [3.05, 3.63) is 69.5 Å². The summed E-state index contributed by atoms with van der Waals surface area (Å²) in [5, 5.41) is 0.139. The number of carbonyl (C=O) groups is 1. The van der Waals surface area contributed by atoms with E-state index in [0.29, 0.717) is 12.2 Å². The van der Waals surface area contributed by atoms with Crippen molar-refractivity contribution in [3.8, 4) is 5.69 Å². The Kier molecular flexibility index (Phi) is 5.58. The Bertz CT molecular complexity index is 1170. The first-order chi connectivity index (χ1) is 14.0. The van der Waals surface area contributed by atoms with Gasteiger partial charge in [0.15, 0.2) is 0 Å². The second kappa shape index (κ2) is 7.83. The lowest BCUT2D eigenvalue weighted by Gasteiger charge is -2.17. The number of carbonyl (C=O) groups excluding carboxylic acids is 1. The number of benzene rings is 2. The number of aromatic nitrogens is 1. The van der Waals surface area contributed by atoms with Gasteiger partial charge in [-0.05, 0) is 43.9 Å². The third kappa shape index (κ3) is 3.88. The lowest BCUT2D eigenvalue weighted by atomic mass is 10.0. The summed E-state index contributed by atoms with van der Waals surface area (Å²) >= 11 is 0. The SMILES string of the molecule is COC(=O)c1c(N)c2ccc(C(F)(F)F)cc2n(-c2ccc(CN(C)C)cc2)c1=O. The molecule has 0 aliphatic heterocycles. The van der Waals surface area contributed by atoms with Gasteiger partial charge in [-0.25, -0.2) is 4.79 Å². The summed E-state index contributed by atoms with van der Waals surface area (Å²) in [5.74, 6) is -0.961. The largest absolute Gasteiger partial charge is 0.465 e. The fourth-order valence-corrected chi connectivity index (χ4v) is 3.26. The van der Waals surface area contributed by atoms with E-state index in [1.54, 1.807) is 24.3 Å². The Balaban J connectivity index is 2.36. The zero-order valence-electron chi connectivity index (χ0n) is 16.6. The normalized spacial score (nSPS) is 11.8. The van der Waals surface area contributed by atoms with Crippen molar-refractivity contribution in [1.82, 2.24) is 9.47 Å². The fourth-order valence-electron chi connectivity index (χ4n) is 3.26. The van der Waals surface area contributed by atoms with Gasteiger partial charge in [-0.3, -0.25) is 9.36 Å². The average Bonchev–Trinajstić information content (AvgIpc) is 2.67. The van der Waals surface area contributed by atoms with Gasteiger partial charge in [0.1, 0.15) is 5.56 Å². The first kappa shape index (κ1) is 21.4. The standard InChI is InChI=1S/C21H20F3N3O3/c1-26(2)11-12-4-7-14(8-5-12)27-16-10-13(21(22,23)24)6-9-15(16)18(25)17(19(27)28)20(29)30-3/h4-10H,11,25H2,1-3H3. The van der Waals surface area contributed by atoms with Gasteiger partial charge in [-0.1, -0.05) is 18.2 Å². The van der Waals surface area contributed by atoms with E-state index >= 15 is 0 Å². The van der Waals surface area contributed by atoms with Gasteiger partial charge in [0.05, 0.1) is 23.9 Å². The van der Waals surface area contributed by atoms with Crippen LogP contribution in [0.4, 0.5) is 18.9 Å². The molecule has 0 aliphatic carbocycles. The number of fused-ring (bicyclic) bond motifs is 1. The quantitative estimate of drug-likeness (QED) is 0.656. The predicted molar refractivity (Wildman–Crippen MR) is 108 cm³/mol. The van der Waals surface area contributed by atoms with Crippen LogP contribution in [0.3, 0.4) is 0 Å². The number of halogens is 3. The lowest BCUT2D eigenvalue weighted by molar-refractivity contribution is -0.137. The molecule has 0 fully saturated rings. The van der Waals surface area contributed by atoms with Crippen LogP contribution in [-0.2, 0) is 17.5 Å². The van der Waals surface area contributed by atoms with E-state index in [1.807, 2.05) is 19.0 Å². The Morgan fingerprint density at radius 1 is 1.13 bits per heavy atom. The number of hydrogen-bond donors (Lipinski definition) is 1. The number of esters is 1. The summed E-state index contributed by atoms with van der Waals surface area (Å²) in [5.41, 5.74) is 4.73. The maximum atomic E-state index is 13.3. The fraction of sp³-hybridized carbons (Fsp3) is 0.238. The molecule has 30 heavy (non-hydrogen) atoms. The number of rotatable bonds is 4. The predicted octanol–water partition coefficient (Wildman–Crippen LogP) is 3.44. The maximum absolute atomic E-state index is 13.3. The molecule has 0 spiro atoms.